The number of nitrogens with zero attached hydrogens (tertiary/aromatic N) is 1. The lowest BCUT2D eigenvalue weighted by molar-refractivity contribution is 0.102. The molecule has 2 aromatic heterocycles. The van der Waals surface area contributed by atoms with Crippen LogP contribution in [0.4, 0.5) is 5.69 Å². The first-order valence-electron chi connectivity index (χ1n) is 5.77. The molecular weight excluding hydrogens is 367 g/mol. The summed E-state index contributed by atoms with van der Waals surface area (Å²) in [5.74, 6) is -0.267. The molecule has 21 heavy (non-hydrogen) atoms. The Morgan fingerprint density at radius 1 is 1.29 bits per heavy atom. The van der Waals surface area contributed by atoms with E-state index >= 15 is 0 Å². The second-order valence-corrected chi connectivity index (χ2v) is 8.43. The van der Waals surface area contributed by atoms with Crippen molar-refractivity contribution in [2.75, 3.05) is 11.6 Å². The normalized spacial score (nSPS) is 11.0. The highest BCUT2D eigenvalue weighted by atomic mass is 35.5. The number of halogens is 2. The fourth-order valence-corrected chi connectivity index (χ4v) is 4.75. The van der Waals surface area contributed by atoms with E-state index < -0.39 is 0 Å². The van der Waals surface area contributed by atoms with Gasteiger partial charge in [0.15, 0.2) is 4.34 Å². The van der Waals surface area contributed by atoms with Crippen LogP contribution in [0.3, 0.4) is 0 Å². The van der Waals surface area contributed by atoms with E-state index in [4.69, 9.17) is 23.2 Å². The van der Waals surface area contributed by atoms with Gasteiger partial charge in [-0.3, -0.25) is 4.79 Å². The molecule has 108 valence electrons. The Bertz CT molecular complexity index is 828. The summed E-state index contributed by atoms with van der Waals surface area (Å²) < 4.78 is 2.92. The molecule has 3 rings (SSSR count). The second-order valence-electron chi connectivity index (χ2n) is 4.06. The lowest BCUT2D eigenvalue weighted by Crippen LogP contribution is -2.11. The van der Waals surface area contributed by atoms with Gasteiger partial charge in [-0.2, -0.15) is 0 Å². The molecule has 2 heterocycles. The largest absolute Gasteiger partial charge is 0.322 e. The Morgan fingerprint density at radius 2 is 2.10 bits per heavy atom. The number of aromatic nitrogens is 1. The van der Waals surface area contributed by atoms with Crippen LogP contribution >= 0.6 is 57.6 Å². The van der Waals surface area contributed by atoms with Crippen LogP contribution in [0.25, 0.3) is 10.2 Å². The molecule has 0 fully saturated rings. The number of thioether (sulfide) groups is 1. The Balaban J connectivity index is 1.87. The molecule has 0 aliphatic rings. The predicted octanol–water partition coefficient (Wildman–Crippen LogP) is 5.64. The number of fused-ring (bicyclic) bond motifs is 1. The van der Waals surface area contributed by atoms with Crippen LogP contribution in [-0.2, 0) is 0 Å². The molecule has 0 unspecified atom stereocenters. The Morgan fingerprint density at radius 3 is 2.76 bits per heavy atom. The number of benzene rings is 1. The number of thiophene rings is 1. The number of amides is 1. The van der Waals surface area contributed by atoms with Crippen molar-refractivity contribution in [2.45, 2.75) is 4.34 Å². The van der Waals surface area contributed by atoms with Gasteiger partial charge in [0.25, 0.3) is 5.91 Å². The SMILES string of the molecule is CSc1nc2ccc(NC(=O)c3cc(Cl)sc3Cl)cc2s1. The summed E-state index contributed by atoms with van der Waals surface area (Å²) in [4.78, 5) is 16.6. The van der Waals surface area contributed by atoms with Gasteiger partial charge in [-0.1, -0.05) is 35.0 Å². The fourth-order valence-electron chi connectivity index (χ4n) is 1.76. The van der Waals surface area contributed by atoms with Gasteiger partial charge in [-0.15, -0.1) is 22.7 Å². The summed E-state index contributed by atoms with van der Waals surface area (Å²) in [7, 11) is 0. The molecule has 0 aliphatic heterocycles. The molecular formula is C13H8Cl2N2OS3. The zero-order valence-corrected chi connectivity index (χ0v) is 14.6. The van der Waals surface area contributed by atoms with Crippen LogP contribution in [0.5, 0.6) is 0 Å². The maximum atomic E-state index is 12.2. The van der Waals surface area contributed by atoms with Gasteiger partial charge in [0, 0.05) is 5.69 Å². The fraction of sp³-hybridized carbons (Fsp3) is 0.0769. The van der Waals surface area contributed by atoms with Crippen LogP contribution in [0.2, 0.25) is 8.67 Å². The van der Waals surface area contributed by atoms with Crippen molar-refractivity contribution in [2.24, 2.45) is 0 Å². The summed E-state index contributed by atoms with van der Waals surface area (Å²) in [6.45, 7) is 0. The summed E-state index contributed by atoms with van der Waals surface area (Å²) in [6, 6.07) is 7.20. The van der Waals surface area contributed by atoms with E-state index in [0.29, 0.717) is 19.9 Å². The molecule has 0 spiro atoms. The van der Waals surface area contributed by atoms with Crippen molar-refractivity contribution in [1.29, 1.82) is 0 Å². The minimum absolute atomic E-state index is 0.267. The first kappa shape index (κ1) is 15.1. The number of thiazole rings is 1. The van der Waals surface area contributed by atoms with Crippen molar-refractivity contribution in [3.05, 3.63) is 38.5 Å². The third kappa shape index (κ3) is 3.19. The molecule has 0 atom stereocenters. The first-order valence-corrected chi connectivity index (χ1v) is 9.39. The van der Waals surface area contributed by atoms with Crippen LogP contribution in [0, 0.1) is 0 Å². The standard InChI is InChI=1S/C13H8Cl2N2OS3/c1-19-13-17-8-3-2-6(4-9(8)20-13)16-12(18)7-5-10(14)21-11(7)15/h2-5H,1H3,(H,16,18). The number of nitrogens with one attached hydrogen (secondary N) is 1. The van der Waals surface area contributed by atoms with Crippen molar-refractivity contribution in [1.82, 2.24) is 4.98 Å². The van der Waals surface area contributed by atoms with Crippen LogP contribution < -0.4 is 5.32 Å². The van der Waals surface area contributed by atoms with Gasteiger partial charge in [0.05, 0.1) is 20.1 Å². The monoisotopic (exact) mass is 374 g/mol. The smallest absolute Gasteiger partial charge is 0.258 e. The van der Waals surface area contributed by atoms with Crippen LogP contribution in [-0.4, -0.2) is 17.1 Å². The topological polar surface area (TPSA) is 42.0 Å². The third-order valence-corrected chi connectivity index (χ3v) is 6.19. The number of carbonyl (C=O) groups is 1. The molecule has 0 radical (unpaired) electrons. The zero-order chi connectivity index (χ0) is 15.0. The average Bonchev–Trinajstić information content (AvgIpc) is 3.00. The number of hydrogen-bond acceptors (Lipinski definition) is 5. The van der Waals surface area contributed by atoms with E-state index in [1.54, 1.807) is 29.2 Å². The van der Waals surface area contributed by atoms with E-state index in [1.807, 2.05) is 24.5 Å². The van der Waals surface area contributed by atoms with Gasteiger partial charge < -0.3 is 5.32 Å². The van der Waals surface area contributed by atoms with Gasteiger partial charge in [-0.05, 0) is 30.5 Å². The molecule has 3 nitrogen and oxygen atoms in total. The van der Waals surface area contributed by atoms with E-state index in [-0.39, 0.29) is 5.91 Å². The molecule has 1 N–H and O–H groups in total. The van der Waals surface area contributed by atoms with E-state index in [1.165, 1.54) is 11.3 Å². The predicted molar refractivity (Wildman–Crippen MR) is 93.7 cm³/mol. The molecule has 1 amide bonds. The van der Waals surface area contributed by atoms with E-state index in [9.17, 15) is 4.79 Å². The van der Waals surface area contributed by atoms with Crippen molar-refractivity contribution in [3.8, 4) is 0 Å². The lowest BCUT2D eigenvalue weighted by atomic mass is 10.2. The maximum absolute atomic E-state index is 12.2. The van der Waals surface area contributed by atoms with Gasteiger partial charge in [0.1, 0.15) is 4.34 Å². The zero-order valence-electron chi connectivity index (χ0n) is 10.6. The molecule has 3 aromatic rings. The highest BCUT2D eigenvalue weighted by Gasteiger charge is 2.15. The van der Waals surface area contributed by atoms with Gasteiger partial charge in [-0.25, -0.2) is 4.98 Å². The van der Waals surface area contributed by atoms with Gasteiger partial charge >= 0.3 is 0 Å². The summed E-state index contributed by atoms with van der Waals surface area (Å²) in [5.41, 5.74) is 2.03. The summed E-state index contributed by atoms with van der Waals surface area (Å²) in [6.07, 6.45) is 1.99. The minimum Gasteiger partial charge on any atom is -0.322 e. The summed E-state index contributed by atoms with van der Waals surface area (Å²) >= 11 is 16.2. The molecule has 0 saturated carbocycles. The highest BCUT2D eigenvalue weighted by Crippen LogP contribution is 2.33. The molecule has 0 saturated heterocycles. The number of rotatable bonds is 3. The number of carbonyl (C=O) groups excluding carboxylic acids is 1. The van der Waals surface area contributed by atoms with Crippen LogP contribution in [0.15, 0.2) is 28.6 Å². The van der Waals surface area contributed by atoms with Crippen molar-refractivity contribution >= 4 is 79.4 Å². The molecule has 0 bridgehead atoms. The van der Waals surface area contributed by atoms with E-state index in [2.05, 4.69) is 10.3 Å². The Kier molecular flexibility index (Phi) is 4.42. The third-order valence-electron chi connectivity index (χ3n) is 2.70. The average molecular weight is 375 g/mol. The lowest BCUT2D eigenvalue weighted by Gasteiger charge is -2.03. The molecule has 8 heteroatoms. The minimum atomic E-state index is -0.267. The maximum Gasteiger partial charge on any atom is 0.258 e. The Labute approximate surface area is 143 Å². The number of anilines is 1. The molecule has 1 aromatic carbocycles. The van der Waals surface area contributed by atoms with Crippen molar-refractivity contribution in [3.63, 3.8) is 0 Å². The number of hydrogen-bond donors (Lipinski definition) is 1. The Hall–Kier alpha value is -0.790. The van der Waals surface area contributed by atoms with Crippen molar-refractivity contribution < 1.29 is 4.79 Å². The highest BCUT2D eigenvalue weighted by molar-refractivity contribution is 8.00. The summed E-state index contributed by atoms with van der Waals surface area (Å²) in [5, 5.41) is 2.83. The second kappa shape index (κ2) is 6.14. The van der Waals surface area contributed by atoms with Gasteiger partial charge in [0.2, 0.25) is 0 Å². The quantitative estimate of drug-likeness (QED) is 0.603. The van der Waals surface area contributed by atoms with Crippen LogP contribution in [0.1, 0.15) is 10.4 Å². The molecule has 0 aliphatic carbocycles. The van der Waals surface area contributed by atoms with E-state index in [0.717, 1.165) is 14.6 Å². The first-order chi connectivity index (χ1) is 10.1.